The molecule has 1 aromatic rings. The molecule has 2 N–H and O–H groups in total. The first kappa shape index (κ1) is 16.2. The van der Waals surface area contributed by atoms with Crippen LogP contribution < -0.4 is 5.32 Å². The van der Waals surface area contributed by atoms with Crippen molar-refractivity contribution in [3.05, 3.63) is 34.6 Å². The SMILES string of the molecule is CCN(CC(=O)NCC(O)c1ccc(Cl)c(F)c1)C1CC1. The van der Waals surface area contributed by atoms with Crippen LogP contribution in [0.4, 0.5) is 4.39 Å². The van der Waals surface area contributed by atoms with Gasteiger partial charge in [0.15, 0.2) is 0 Å². The summed E-state index contributed by atoms with van der Waals surface area (Å²) in [6, 6.07) is 4.64. The molecule has 4 nitrogen and oxygen atoms in total. The Balaban J connectivity index is 1.81. The number of nitrogens with one attached hydrogen (secondary N) is 1. The molecule has 1 atom stereocenters. The van der Waals surface area contributed by atoms with Gasteiger partial charge in [-0.2, -0.15) is 0 Å². The number of halogens is 2. The topological polar surface area (TPSA) is 52.6 Å². The highest BCUT2D eigenvalue weighted by Crippen LogP contribution is 2.26. The third-order valence-corrected chi connectivity index (χ3v) is 3.94. The van der Waals surface area contributed by atoms with Gasteiger partial charge in [0.05, 0.1) is 17.7 Å². The van der Waals surface area contributed by atoms with E-state index in [1.54, 1.807) is 6.07 Å². The molecule has 0 aromatic heterocycles. The van der Waals surface area contributed by atoms with Crippen LogP contribution in [0.15, 0.2) is 18.2 Å². The zero-order valence-corrected chi connectivity index (χ0v) is 12.7. The summed E-state index contributed by atoms with van der Waals surface area (Å²) >= 11 is 5.59. The quantitative estimate of drug-likeness (QED) is 0.810. The van der Waals surface area contributed by atoms with Crippen LogP contribution in [0.2, 0.25) is 5.02 Å². The highest BCUT2D eigenvalue weighted by Gasteiger charge is 2.29. The maximum atomic E-state index is 13.3. The molecule has 1 saturated carbocycles. The van der Waals surface area contributed by atoms with Gasteiger partial charge in [0.25, 0.3) is 0 Å². The van der Waals surface area contributed by atoms with Crippen LogP contribution in [0.3, 0.4) is 0 Å². The number of nitrogens with zero attached hydrogens (tertiary/aromatic N) is 1. The van der Waals surface area contributed by atoms with E-state index in [2.05, 4.69) is 10.2 Å². The zero-order valence-electron chi connectivity index (χ0n) is 12.0. The van der Waals surface area contributed by atoms with E-state index in [4.69, 9.17) is 11.6 Å². The molecule has 1 aromatic carbocycles. The molecular weight excluding hydrogens is 295 g/mol. The molecule has 6 heteroatoms. The summed E-state index contributed by atoms with van der Waals surface area (Å²) in [5.41, 5.74) is 0.395. The number of carbonyl (C=O) groups excluding carboxylic acids is 1. The van der Waals surface area contributed by atoms with E-state index in [0.717, 1.165) is 19.4 Å². The third kappa shape index (κ3) is 4.66. The molecular formula is C15H20ClFN2O2. The maximum Gasteiger partial charge on any atom is 0.234 e. The second-order valence-electron chi connectivity index (χ2n) is 5.29. The minimum atomic E-state index is -0.947. The van der Waals surface area contributed by atoms with Gasteiger partial charge in [-0.3, -0.25) is 9.69 Å². The predicted molar refractivity (Wildman–Crippen MR) is 79.6 cm³/mol. The van der Waals surface area contributed by atoms with E-state index >= 15 is 0 Å². The molecule has 0 spiro atoms. The Hall–Kier alpha value is -1.17. The number of likely N-dealkylation sites (N-methyl/N-ethyl adjacent to an activating group) is 1. The molecule has 0 heterocycles. The van der Waals surface area contributed by atoms with Crippen LogP contribution in [0.25, 0.3) is 0 Å². The Bertz CT molecular complexity index is 508. The molecule has 1 aliphatic rings. The Morgan fingerprint density at radius 2 is 2.29 bits per heavy atom. The number of benzene rings is 1. The molecule has 1 aliphatic carbocycles. The van der Waals surface area contributed by atoms with Crippen molar-refractivity contribution in [3.63, 3.8) is 0 Å². The number of aliphatic hydroxyl groups excluding tert-OH is 1. The fourth-order valence-corrected chi connectivity index (χ4v) is 2.34. The summed E-state index contributed by atoms with van der Waals surface area (Å²) < 4.78 is 13.3. The molecule has 0 aliphatic heterocycles. The zero-order chi connectivity index (χ0) is 15.4. The van der Waals surface area contributed by atoms with Crippen molar-refractivity contribution < 1.29 is 14.3 Å². The van der Waals surface area contributed by atoms with Gasteiger partial charge < -0.3 is 10.4 Å². The molecule has 0 radical (unpaired) electrons. The highest BCUT2D eigenvalue weighted by molar-refractivity contribution is 6.30. The van der Waals surface area contributed by atoms with Crippen molar-refractivity contribution in [1.29, 1.82) is 0 Å². The van der Waals surface area contributed by atoms with Crippen LogP contribution in [-0.4, -0.2) is 41.6 Å². The normalized spacial score (nSPS) is 16.0. The van der Waals surface area contributed by atoms with Crippen molar-refractivity contribution in [1.82, 2.24) is 10.2 Å². The van der Waals surface area contributed by atoms with Gasteiger partial charge in [-0.25, -0.2) is 4.39 Å². The van der Waals surface area contributed by atoms with Gasteiger partial charge in [0.2, 0.25) is 5.91 Å². The summed E-state index contributed by atoms with van der Waals surface area (Å²) in [6.45, 7) is 3.25. The van der Waals surface area contributed by atoms with Gasteiger partial charge in [-0.1, -0.05) is 24.6 Å². The average molecular weight is 315 g/mol. The number of rotatable bonds is 7. The first-order valence-corrected chi connectivity index (χ1v) is 7.52. The van der Waals surface area contributed by atoms with Crippen molar-refractivity contribution >= 4 is 17.5 Å². The number of aliphatic hydroxyl groups is 1. The van der Waals surface area contributed by atoms with Crippen LogP contribution in [0, 0.1) is 5.82 Å². The van der Waals surface area contributed by atoms with Gasteiger partial charge in [-0.15, -0.1) is 0 Å². The molecule has 0 saturated heterocycles. The van der Waals surface area contributed by atoms with Crippen molar-refractivity contribution in [2.75, 3.05) is 19.6 Å². The van der Waals surface area contributed by atoms with Crippen LogP contribution in [0.1, 0.15) is 31.4 Å². The second-order valence-corrected chi connectivity index (χ2v) is 5.69. The Kier molecular flexibility index (Phi) is 5.56. The largest absolute Gasteiger partial charge is 0.387 e. The maximum absolute atomic E-state index is 13.3. The lowest BCUT2D eigenvalue weighted by Crippen LogP contribution is -2.39. The summed E-state index contributed by atoms with van der Waals surface area (Å²) in [4.78, 5) is 14.0. The lowest BCUT2D eigenvalue weighted by Gasteiger charge is -2.20. The first-order chi connectivity index (χ1) is 10.0. The minimum absolute atomic E-state index is 0.0120. The highest BCUT2D eigenvalue weighted by atomic mass is 35.5. The summed E-state index contributed by atoms with van der Waals surface area (Å²) in [6.07, 6.45) is 1.35. The second kappa shape index (κ2) is 7.20. The van der Waals surface area contributed by atoms with E-state index in [0.29, 0.717) is 18.2 Å². The van der Waals surface area contributed by atoms with Gasteiger partial charge in [-0.05, 0) is 37.1 Å². The van der Waals surface area contributed by atoms with Crippen LogP contribution >= 0.6 is 11.6 Å². The predicted octanol–water partition coefficient (Wildman–Crippen LogP) is 2.11. The molecule has 1 fully saturated rings. The first-order valence-electron chi connectivity index (χ1n) is 7.15. The Labute approximate surface area is 128 Å². The van der Waals surface area contributed by atoms with Crippen LogP contribution in [0.5, 0.6) is 0 Å². The third-order valence-electron chi connectivity index (χ3n) is 3.64. The molecule has 1 amide bonds. The van der Waals surface area contributed by atoms with Crippen molar-refractivity contribution in [3.8, 4) is 0 Å². The van der Waals surface area contributed by atoms with E-state index < -0.39 is 11.9 Å². The number of hydrogen-bond donors (Lipinski definition) is 2. The lowest BCUT2D eigenvalue weighted by molar-refractivity contribution is -0.122. The Morgan fingerprint density at radius 1 is 1.57 bits per heavy atom. The van der Waals surface area contributed by atoms with Gasteiger partial charge >= 0.3 is 0 Å². The van der Waals surface area contributed by atoms with Crippen molar-refractivity contribution in [2.45, 2.75) is 31.9 Å². The van der Waals surface area contributed by atoms with E-state index in [-0.39, 0.29) is 17.5 Å². The van der Waals surface area contributed by atoms with E-state index in [9.17, 15) is 14.3 Å². The molecule has 0 bridgehead atoms. The smallest absolute Gasteiger partial charge is 0.234 e. The number of carbonyl (C=O) groups is 1. The molecule has 116 valence electrons. The van der Waals surface area contributed by atoms with Gasteiger partial charge in [0, 0.05) is 12.6 Å². The van der Waals surface area contributed by atoms with E-state index in [1.165, 1.54) is 12.1 Å². The van der Waals surface area contributed by atoms with E-state index in [1.807, 2.05) is 6.92 Å². The molecule has 21 heavy (non-hydrogen) atoms. The summed E-state index contributed by atoms with van der Waals surface area (Å²) in [7, 11) is 0. The number of amides is 1. The fraction of sp³-hybridized carbons (Fsp3) is 0.533. The Morgan fingerprint density at radius 3 is 2.86 bits per heavy atom. The number of hydrogen-bond acceptors (Lipinski definition) is 3. The minimum Gasteiger partial charge on any atom is -0.387 e. The lowest BCUT2D eigenvalue weighted by atomic mass is 10.1. The van der Waals surface area contributed by atoms with Crippen molar-refractivity contribution in [2.24, 2.45) is 0 Å². The molecule has 1 unspecified atom stereocenters. The summed E-state index contributed by atoms with van der Waals surface area (Å²) in [5, 5.41) is 12.6. The standard InChI is InChI=1S/C15H20ClFN2O2/c1-2-19(11-4-5-11)9-15(21)18-8-14(20)10-3-6-12(16)13(17)7-10/h3,6-7,11,14,20H,2,4-5,8-9H2,1H3,(H,18,21). The van der Waals surface area contributed by atoms with Gasteiger partial charge in [0.1, 0.15) is 5.82 Å². The fourth-order valence-electron chi connectivity index (χ4n) is 2.23. The monoisotopic (exact) mass is 314 g/mol. The summed E-state index contributed by atoms with van der Waals surface area (Å²) in [5.74, 6) is -0.706. The average Bonchev–Trinajstić information content (AvgIpc) is 3.29. The van der Waals surface area contributed by atoms with Crippen LogP contribution in [-0.2, 0) is 4.79 Å². The molecule has 2 rings (SSSR count).